The Hall–Kier alpha value is -2.04. The van der Waals surface area contributed by atoms with Crippen molar-refractivity contribution in [2.45, 2.75) is 71.8 Å². The van der Waals surface area contributed by atoms with E-state index in [9.17, 15) is 4.79 Å². The fourth-order valence-electron chi connectivity index (χ4n) is 4.14. The monoisotopic (exact) mass is 357 g/mol. The second-order valence-electron chi connectivity index (χ2n) is 7.14. The largest absolute Gasteiger partial charge is 0.464 e. The van der Waals surface area contributed by atoms with Crippen LogP contribution in [0.4, 0.5) is 0 Å². The molecule has 0 saturated carbocycles. The van der Waals surface area contributed by atoms with Crippen LogP contribution in [-0.2, 0) is 37.5 Å². The summed E-state index contributed by atoms with van der Waals surface area (Å²) in [6.45, 7) is 7.14. The summed E-state index contributed by atoms with van der Waals surface area (Å²) in [5.41, 5.74) is 3.35. The highest BCUT2D eigenvalue weighted by Gasteiger charge is 2.31. The molecule has 0 radical (unpaired) electrons. The highest BCUT2D eigenvalue weighted by atomic mass is 16.3. The summed E-state index contributed by atoms with van der Waals surface area (Å²) in [7, 11) is 1.98. The number of carbonyl (C=O) groups excluding carboxylic acids is 1. The number of piperidine rings is 1. The molecule has 0 N–H and O–H groups in total. The third-order valence-electron chi connectivity index (χ3n) is 5.54. The fourth-order valence-corrected chi connectivity index (χ4v) is 4.14. The first kappa shape index (κ1) is 18.7. The highest BCUT2D eigenvalue weighted by molar-refractivity contribution is 5.80. The van der Waals surface area contributed by atoms with Crippen molar-refractivity contribution >= 4 is 5.91 Å². The minimum Gasteiger partial charge on any atom is -0.464 e. The molecular weight excluding hydrogens is 326 g/mol. The van der Waals surface area contributed by atoms with Crippen LogP contribution in [-0.4, -0.2) is 27.1 Å². The first-order valence-corrected chi connectivity index (χ1v) is 10.0. The van der Waals surface area contributed by atoms with Gasteiger partial charge >= 0.3 is 0 Å². The number of hydrogen-bond donors (Lipinski definition) is 0. The van der Waals surface area contributed by atoms with Crippen molar-refractivity contribution in [1.29, 1.82) is 0 Å². The van der Waals surface area contributed by atoms with Gasteiger partial charge in [-0.1, -0.05) is 20.8 Å². The minimum atomic E-state index is 0.0726. The van der Waals surface area contributed by atoms with Crippen molar-refractivity contribution in [3.05, 3.63) is 40.6 Å². The molecule has 5 nitrogen and oxygen atoms in total. The summed E-state index contributed by atoms with van der Waals surface area (Å²) in [5.74, 6) is 2.13. The van der Waals surface area contributed by atoms with E-state index >= 15 is 0 Å². The molecule has 3 rings (SSSR count). The van der Waals surface area contributed by atoms with Gasteiger partial charge in [-0.15, -0.1) is 0 Å². The van der Waals surface area contributed by atoms with E-state index in [4.69, 9.17) is 4.42 Å². The maximum absolute atomic E-state index is 13.2. The van der Waals surface area contributed by atoms with Crippen LogP contribution in [0.15, 0.2) is 16.5 Å². The molecule has 5 heteroatoms. The zero-order valence-corrected chi connectivity index (χ0v) is 16.5. The standard InChI is InChI=1S/C21H31N3O2/c1-5-15-11-12-20(26-15)19-10-8-9-13-24(19)21(25)14-16-17(6-2)22-23(4)18(16)7-3/h11-12,19H,5-10,13-14H2,1-4H3. The summed E-state index contributed by atoms with van der Waals surface area (Å²) < 4.78 is 7.93. The van der Waals surface area contributed by atoms with Gasteiger partial charge in [-0.05, 0) is 44.2 Å². The zero-order chi connectivity index (χ0) is 18.7. The Kier molecular flexibility index (Phi) is 5.84. The normalized spacial score (nSPS) is 17.7. The molecule has 1 aliphatic heterocycles. The van der Waals surface area contributed by atoms with Crippen molar-refractivity contribution in [2.75, 3.05) is 6.54 Å². The lowest BCUT2D eigenvalue weighted by Gasteiger charge is -2.34. The quantitative estimate of drug-likeness (QED) is 0.785. The number of nitrogens with zero attached hydrogens (tertiary/aromatic N) is 3. The second-order valence-corrected chi connectivity index (χ2v) is 7.14. The van der Waals surface area contributed by atoms with E-state index in [2.05, 4.69) is 25.9 Å². The maximum atomic E-state index is 13.2. The molecule has 1 fully saturated rings. The Morgan fingerprint density at radius 1 is 1.19 bits per heavy atom. The molecule has 3 heterocycles. The number of hydrogen-bond acceptors (Lipinski definition) is 3. The van der Waals surface area contributed by atoms with E-state index < -0.39 is 0 Å². The van der Waals surface area contributed by atoms with Crippen LogP contribution < -0.4 is 0 Å². The molecule has 1 saturated heterocycles. The average Bonchev–Trinajstić information content (AvgIpc) is 3.25. The maximum Gasteiger partial charge on any atom is 0.227 e. The first-order chi connectivity index (χ1) is 12.6. The van der Waals surface area contributed by atoms with Gasteiger partial charge in [0.05, 0.1) is 18.2 Å². The lowest BCUT2D eigenvalue weighted by molar-refractivity contribution is -0.134. The van der Waals surface area contributed by atoms with E-state index in [1.54, 1.807) is 0 Å². The third kappa shape index (κ3) is 3.57. The van der Waals surface area contributed by atoms with Crippen LogP contribution >= 0.6 is 0 Å². The summed E-state index contributed by atoms with van der Waals surface area (Å²) in [6, 6.07) is 4.16. The van der Waals surface area contributed by atoms with Crippen LogP contribution in [0.5, 0.6) is 0 Å². The van der Waals surface area contributed by atoms with Gasteiger partial charge in [-0.25, -0.2) is 0 Å². The molecule has 1 amide bonds. The smallest absolute Gasteiger partial charge is 0.227 e. The number of likely N-dealkylation sites (tertiary alicyclic amines) is 1. The van der Waals surface area contributed by atoms with Crippen LogP contribution in [0, 0.1) is 0 Å². The molecule has 142 valence electrons. The van der Waals surface area contributed by atoms with Gasteiger partial charge in [-0.3, -0.25) is 9.48 Å². The van der Waals surface area contributed by atoms with Gasteiger partial charge in [0.15, 0.2) is 0 Å². The number of furan rings is 1. The number of aromatic nitrogens is 2. The topological polar surface area (TPSA) is 51.3 Å². The van der Waals surface area contributed by atoms with Crippen molar-refractivity contribution in [2.24, 2.45) is 7.05 Å². The summed E-state index contributed by atoms with van der Waals surface area (Å²) in [6.07, 6.45) is 6.28. The number of rotatable bonds is 6. The predicted octanol–water partition coefficient (Wildman–Crippen LogP) is 4.00. The minimum absolute atomic E-state index is 0.0726. The Bertz CT molecular complexity index is 759. The molecule has 0 aliphatic carbocycles. The molecule has 1 aliphatic rings. The van der Waals surface area contributed by atoms with E-state index in [1.807, 2.05) is 28.8 Å². The molecule has 2 aromatic rings. The summed E-state index contributed by atoms with van der Waals surface area (Å²) >= 11 is 0. The third-order valence-corrected chi connectivity index (χ3v) is 5.54. The predicted molar refractivity (Wildman–Crippen MR) is 102 cm³/mol. The lowest BCUT2D eigenvalue weighted by atomic mass is 9.98. The lowest BCUT2D eigenvalue weighted by Crippen LogP contribution is -2.39. The van der Waals surface area contributed by atoms with Crippen molar-refractivity contribution < 1.29 is 9.21 Å². The van der Waals surface area contributed by atoms with Crippen LogP contribution in [0.2, 0.25) is 0 Å². The molecule has 0 aromatic carbocycles. The number of amides is 1. The van der Waals surface area contributed by atoms with Crippen molar-refractivity contribution in [1.82, 2.24) is 14.7 Å². The Labute approximate surface area is 156 Å². The van der Waals surface area contributed by atoms with E-state index in [1.165, 1.54) is 5.69 Å². The molecule has 2 aromatic heterocycles. The van der Waals surface area contributed by atoms with Crippen molar-refractivity contribution in [3.8, 4) is 0 Å². The number of carbonyl (C=O) groups is 1. The zero-order valence-electron chi connectivity index (χ0n) is 16.5. The average molecular weight is 357 g/mol. The van der Waals surface area contributed by atoms with Gasteiger partial charge in [0.1, 0.15) is 11.5 Å². The summed E-state index contributed by atoms with van der Waals surface area (Å²) in [5, 5.41) is 4.62. The Balaban J connectivity index is 1.83. The first-order valence-electron chi connectivity index (χ1n) is 10.0. The fraction of sp³-hybridized carbons (Fsp3) is 0.619. The van der Waals surface area contributed by atoms with Gasteiger partial charge < -0.3 is 9.32 Å². The SMILES string of the molecule is CCc1ccc(C2CCCCN2C(=O)Cc2c(CC)nn(C)c2CC)o1. The van der Waals surface area contributed by atoms with Crippen LogP contribution in [0.1, 0.15) is 74.5 Å². The molecular formula is C21H31N3O2. The van der Waals surface area contributed by atoms with Crippen molar-refractivity contribution in [3.63, 3.8) is 0 Å². The molecule has 1 unspecified atom stereocenters. The van der Waals surface area contributed by atoms with Gasteiger partial charge in [-0.2, -0.15) is 5.10 Å². The molecule has 0 bridgehead atoms. The van der Waals surface area contributed by atoms with E-state index in [0.29, 0.717) is 6.42 Å². The van der Waals surface area contributed by atoms with E-state index in [-0.39, 0.29) is 11.9 Å². The Morgan fingerprint density at radius 3 is 2.65 bits per heavy atom. The Morgan fingerprint density at radius 2 is 2.00 bits per heavy atom. The molecule has 1 atom stereocenters. The van der Waals surface area contributed by atoms with Gasteiger partial charge in [0.25, 0.3) is 0 Å². The second kappa shape index (κ2) is 8.11. The van der Waals surface area contributed by atoms with E-state index in [0.717, 1.165) is 67.8 Å². The molecule has 26 heavy (non-hydrogen) atoms. The van der Waals surface area contributed by atoms with Crippen LogP contribution in [0.25, 0.3) is 0 Å². The highest BCUT2D eigenvalue weighted by Crippen LogP contribution is 2.33. The molecule has 0 spiro atoms. The van der Waals surface area contributed by atoms with Crippen LogP contribution in [0.3, 0.4) is 0 Å². The van der Waals surface area contributed by atoms with Gasteiger partial charge in [0, 0.05) is 31.3 Å². The number of aryl methyl sites for hydroxylation is 3. The van der Waals surface area contributed by atoms with Gasteiger partial charge in [0.2, 0.25) is 5.91 Å². The summed E-state index contributed by atoms with van der Waals surface area (Å²) in [4.78, 5) is 15.3.